The molecule has 3 rings (SSSR count). The molecule has 1 aliphatic carbocycles. The molecule has 0 aromatic heterocycles. The average molecular weight is 524 g/mol. The highest BCUT2D eigenvalue weighted by atomic mass is 35.5. The zero-order valence-electron chi connectivity index (χ0n) is 19.9. The van der Waals surface area contributed by atoms with Gasteiger partial charge in [0, 0.05) is 0 Å². The molecule has 190 valence electrons. The van der Waals surface area contributed by atoms with Gasteiger partial charge in [-0.25, -0.2) is 18.0 Å². The Bertz CT molecular complexity index is 1180. The third-order valence-corrected chi connectivity index (χ3v) is 7.87. The molecule has 8 nitrogen and oxygen atoms in total. The van der Waals surface area contributed by atoms with Crippen molar-refractivity contribution in [1.82, 2.24) is 0 Å². The van der Waals surface area contributed by atoms with E-state index >= 15 is 0 Å². The van der Waals surface area contributed by atoms with Gasteiger partial charge in [-0.1, -0.05) is 50.9 Å². The summed E-state index contributed by atoms with van der Waals surface area (Å²) in [5.74, 6) is -1.20. The first-order chi connectivity index (χ1) is 16.5. The van der Waals surface area contributed by atoms with E-state index in [0.29, 0.717) is 11.8 Å². The van der Waals surface area contributed by atoms with Crippen molar-refractivity contribution in [1.29, 1.82) is 0 Å². The van der Waals surface area contributed by atoms with E-state index < -0.39 is 39.9 Å². The van der Waals surface area contributed by atoms with E-state index in [1.165, 1.54) is 12.1 Å². The second kappa shape index (κ2) is 11.3. The largest absolute Gasteiger partial charge is 0.507 e. The number of sulfonamides is 1. The summed E-state index contributed by atoms with van der Waals surface area (Å²) < 4.78 is 38.5. The molecule has 1 saturated carbocycles. The van der Waals surface area contributed by atoms with Crippen molar-refractivity contribution in [2.75, 3.05) is 11.3 Å². The lowest BCUT2D eigenvalue weighted by atomic mass is 9.75. The molecular weight excluding hydrogens is 494 g/mol. The molecule has 0 heterocycles. The number of esters is 2. The van der Waals surface area contributed by atoms with Crippen LogP contribution in [0.15, 0.2) is 47.4 Å². The highest BCUT2D eigenvalue weighted by Crippen LogP contribution is 2.35. The highest BCUT2D eigenvalue weighted by molar-refractivity contribution is 7.92. The smallest absolute Gasteiger partial charge is 0.344 e. The van der Waals surface area contributed by atoms with Gasteiger partial charge < -0.3 is 14.6 Å². The van der Waals surface area contributed by atoms with Crippen molar-refractivity contribution in [2.24, 2.45) is 17.8 Å². The summed E-state index contributed by atoms with van der Waals surface area (Å²) >= 11 is 6.01. The number of ether oxygens (including phenoxy) is 2. The van der Waals surface area contributed by atoms with E-state index in [9.17, 15) is 23.1 Å². The minimum absolute atomic E-state index is 0.158. The predicted molar refractivity (Wildman–Crippen MR) is 132 cm³/mol. The highest BCUT2D eigenvalue weighted by Gasteiger charge is 2.33. The lowest BCUT2D eigenvalue weighted by Gasteiger charge is -2.36. The maximum Gasteiger partial charge on any atom is 0.344 e. The number of hydrogen-bond acceptors (Lipinski definition) is 7. The van der Waals surface area contributed by atoms with Crippen LogP contribution in [0.4, 0.5) is 5.69 Å². The van der Waals surface area contributed by atoms with Gasteiger partial charge in [-0.2, -0.15) is 0 Å². The summed E-state index contributed by atoms with van der Waals surface area (Å²) in [7, 11) is -4.12. The minimum atomic E-state index is -4.12. The van der Waals surface area contributed by atoms with Crippen LogP contribution in [0, 0.1) is 17.8 Å². The summed E-state index contributed by atoms with van der Waals surface area (Å²) in [6.45, 7) is 5.64. The maximum absolute atomic E-state index is 12.8. The quantitative estimate of drug-likeness (QED) is 0.467. The van der Waals surface area contributed by atoms with Gasteiger partial charge in [-0.15, -0.1) is 0 Å². The van der Waals surface area contributed by atoms with Gasteiger partial charge in [-0.05, 0) is 60.9 Å². The van der Waals surface area contributed by atoms with Crippen LogP contribution in [-0.4, -0.2) is 38.2 Å². The van der Waals surface area contributed by atoms with Crippen LogP contribution in [0.5, 0.6) is 5.75 Å². The van der Waals surface area contributed by atoms with Crippen LogP contribution in [0.3, 0.4) is 0 Å². The molecule has 10 heteroatoms. The van der Waals surface area contributed by atoms with Crippen LogP contribution in [0.1, 0.15) is 50.4 Å². The number of hydrogen-bond donors (Lipinski definition) is 2. The summed E-state index contributed by atoms with van der Waals surface area (Å²) in [6, 6.07) is 9.44. The molecule has 35 heavy (non-hydrogen) atoms. The molecule has 1 aliphatic rings. The second-order valence-corrected chi connectivity index (χ2v) is 11.3. The summed E-state index contributed by atoms with van der Waals surface area (Å²) in [5, 5.41) is 10.3. The van der Waals surface area contributed by atoms with Crippen LogP contribution in [-0.2, 0) is 24.3 Å². The molecular formula is C25H30ClNO7S. The van der Waals surface area contributed by atoms with E-state index in [0.717, 1.165) is 37.5 Å². The first kappa shape index (κ1) is 26.8. The molecule has 0 amide bonds. The van der Waals surface area contributed by atoms with Gasteiger partial charge in [0.25, 0.3) is 10.0 Å². The number of carbonyl (C=O) groups is 2. The fraction of sp³-hybridized carbons (Fsp3) is 0.440. The van der Waals surface area contributed by atoms with Gasteiger partial charge in [-0.3, -0.25) is 4.72 Å². The Morgan fingerprint density at radius 1 is 1.17 bits per heavy atom. The first-order valence-corrected chi connectivity index (χ1v) is 13.3. The topological polar surface area (TPSA) is 119 Å². The molecule has 3 unspecified atom stereocenters. The van der Waals surface area contributed by atoms with Crippen LogP contribution >= 0.6 is 11.6 Å². The first-order valence-electron chi connectivity index (χ1n) is 11.4. The predicted octanol–water partition coefficient (Wildman–Crippen LogP) is 5.01. The van der Waals surface area contributed by atoms with Gasteiger partial charge in [0.05, 0.1) is 15.6 Å². The van der Waals surface area contributed by atoms with Crippen LogP contribution < -0.4 is 4.72 Å². The Balaban J connectivity index is 1.67. The maximum atomic E-state index is 12.8. The van der Waals surface area contributed by atoms with E-state index in [1.54, 1.807) is 12.1 Å². The molecule has 1 fully saturated rings. The Hall–Kier alpha value is -2.78. The van der Waals surface area contributed by atoms with E-state index in [2.05, 4.69) is 25.5 Å². The van der Waals surface area contributed by atoms with Crippen molar-refractivity contribution in [3.05, 3.63) is 53.1 Å². The van der Waals surface area contributed by atoms with Crippen molar-refractivity contribution in [2.45, 2.75) is 51.0 Å². The van der Waals surface area contributed by atoms with Gasteiger partial charge in [0.1, 0.15) is 17.4 Å². The van der Waals surface area contributed by atoms with E-state index in [-0.39, 0.29) is 27.6 Å². The van der Waals surface area contributed by atoms with Gasteiger partial charge >= 0.3 is 11.9 Å². The molecule has 2 N–H and O–H groups in total. The summed E-state index contributed by atoms with van der Waals surface area (Å²) in [6.07, 6.45) is 2.55. The second-order valence-electron chi connectivity index (χ2n) is 9.19. The number of phenols is 1. The summed E-state index contributed by atoms with van der Waals surface area (Å²) in [4.78, 5) is 24.6. The van der Waals surface area contributed by atoms with Crippen LogP contribution in [0.2, 0.25) is 5.02 Å². The molecule has 0 bridgehead atoms. The van der Waals surface area contributed by atoms with Crippen molar-refractivity contribution in [3.8, 4) is 5.75 Å². The summed E-state index contributed by atoms with van der Waals surface area (Å²) in [5.41, 5.74) is -0.239. The van der Waals surface area contributed by atoms with Crippen molar-refractivity contribution < 1.29 is 32.6 Å². The van der Waals surface area contributed by atoms with Crippen molar-refractivity contribution >= 4 is 39.3 Å². The minimum Gasteiger partial charge on any atom is -0.507 e. The fourth-order valence-corrected chi connectivity index (χ4v) is 5.59. The number of rotatable bonds is 8. The molecule has 0 spiro atoms. The lowest BCUT2D eigenvalue weighted by molar-refractivity contribution is -0.159. The Morgan fingerprint density at radius 3 is 2.57 bits per heavy atom. The molecule has 0 saturated heterocycles. The molecule has 0 radical (unpaired) electrons. The number of carbonyl (C=O) groups excluding carboxylic acids is 2. The molecule has 3 atom stereocenters. The Kier molecular flexibility index (Phi) is 8.66. The van der Waals surface area contributed by atoms with Crippen molar-refractivity contribution in [3.63, 3.8) is 0 Å². The fourth-order valence-electron chi connectivity index (χ4n) is 4.25. The third kappa shape index (κ3) is 6.89. The number of anilines is 1. The Labute approximate surface area is 210 Å². The normalized spacial score (nSPS) is 20.3. The van der Waals surface area contributed by atoms with Gasteiger partial charge in [0.2, 0.25) is 0 Å². The number of para-hydroxylation sites is 1. The number of benzene rings is 2. The zero-order chi connectivity index (χ0) is 25.8. The molecule has 2 aromatic carbocycles. The number of halogens is 1. The molecule has 0 aliphatic heterocycles. The van der Waals surface area contributed by atoms with Gasteiger partial charge in [0.15, 0.2) is 6.61 Å². The van der Waals surface area contributed by atoms with E-state index in [4.69, 9.17) is 21.1 Å². The monoisotopic (exact) mass is 523 g/mol. The van der Waals surface area contributed by atoms with E-state index in [1.807, 2.05) is 0 Å². The lowest BCUT2D eigenvalue weighted by Crippen LogP contribution is -2.36. The molecule has 2 aromatic rings. The SMILES string of the molecule is CC1CCC(C(C)C)C(OC(=O)COC(=O)c2cc(S(=O)(=O)Nc3ccccc3Cl)ccc2O)C1. The zero-order valence-corrected chi connectivity index (χ0v) is 21.4. The van der Waals surface area contributed by atoms with Crippen LogP contribution in [0.25, 0.3) is 0 Å². The Morgan fingerprint density at radius 2 is 1.89 bits per heavy atom. The number of nitrogens with one attached hydrogen (secondary N) is 1. The third-order valence-electron chi connectivity index (χ3n) is 6.18. The standard InChI is InChI=1S/C25H30ClNO7S/c1-15(2)18-10-8-16(3)12-23(18)34-24(29)14-33-25(30)19-13-17(9-11-22(19)28)35(31,32)27-21-7-5-4-6-20(21)26/h4-7,9,11,13,15-16,18,23,27-28H,8,10,12,14H2,1-3H3. The number of aromatic hydroxyl groups is 1. The average Bonchev–Trinajstić information content (AvgIpc) is 2.79. The number of phenolic OH excluding ortho intramolecular Hbond substituents is 1.